The van der Waals surface area contributed by atoms with Gasteiger partial charge in [-0.2, -0.15) is 0 Å². The van der Waals surface area contributed by atoms with Crippen LogP contribution in [0.15, 0.2) is 18.2 Å². The number of carbonyl (C=O) groups is 3. The van der Waals surface area contributed by atoms with Crippen molar-refractivity contribution in [3.05, 3.63) is 24.0 Å². The Labute approximate surface area is 114 Å². The monoisotopic (exact) mass is 279 g/mol. The van der Waals surface area contributed by atoms with Crippen LogP contribution in [0.25, 0.3) is 0 Å². The Kier molecular flexibility index (Phi) is 3.97. The van der Waals surface area contributed by atoms with Gasteiger partial charge in [-0.1, -0.05) is 0 Å². The van der Waals surface area contributed by atoms with Crippen LogP contribution in [0.4, 0.5) is 15.8 Å². The van der Waals surface area contributed by atoms with Gasteiger partial charge >= 0.3 is 0 Å². The number of likely N-dealkylation sites (tertiary alicyclic amines) is 1. The molecule has 0 aromatic heterocycles. The largest absolute Gasteiger partial charge is 0.397 e. The van der Waals surface area contributed by atoms with Crippen molar-refractivity contribution in [3.8, 4) is 0 Å². The van der Waals surface area contributed by atoms with E-state index in [0.717, 1.165) is 11.0 Å². The molecule has 3 amide bonds. The van der Waals surface area contributed by atoms with E-state index in [2.05, 4.69) is 5.32 Å². The quantitative estimate of drug-likeness (QED) is 0.632. The van der Waals surface area contributed by atoms with E-state index >= 15 is 0 Å². The second-order valence-corrected chi connectivity index (χ2v) is 4.47. The number of amides is 3. The summed E-state index contributed by atoms with van der Waals surface area (Å²) in [6, 6.07) is 3.64. The molecule has 1 aromatic rings. The Bertz CT molecular complexity index is 558. The molecule has 1 heterocycles. The van der Waals surface area contributed by atoms with Crippen LogP contribution in [0, 0.1) is 5.82 Å². The van der Waals surface area contributed by atoms with Gasteiger partial charge in [-0.3, -0.25) is 19.3 Å². The van der Waals surface area contributed by atoms with E-state index in [0.29, 0.717) is 5.69 Å². The SMILES string of the molecule is Nc1cc(F)ccc1NC(=O)CCN1C(=O)CCC1=O. The summed E-state index contributed by atoms with van der Waals surface area (Å²) in [6.07, 6.45) is 0.380. The van der Waals surface area contributed by atoms with Crippen molar-refractivity contribution in [2.24, 2.45) is 0 Å². The molecule has 1 fully saturated rings. The number of benzene rings is 1. The maximum Gasteiger partial charge on any atom is 0.229 e. The maximum absolute atomic E-state index is 12.8. The van der Waals surface area contributed by atoms with Gasteiger partial charge in [0.1, 0.15) is 5.82 Å². The number of carbonyl (C=O) groups excluding carboxylic acids is 3. The molecule has 0 radical (unpaired) electrons. The molecule has 2 rings (SSSR count). The van der Waals surface area contributed by atoms with Crippen LogP contribution in [-0.2, 0) is 14.4 Å². The van der Waals surface area contributed by atoms with E-state index in [-0.39, 0.29) is 43.3 Å². The third-order valence-corrected chi connectivity index (χ3v) is 3.01. The summed E-state index contributed by atoms with van der Waals surface area (Å²) in [6.45, 7) is 0.0462. The highest BCUT2D eigenvalue weighted by atomic mass is 19.1. The molecular weight excluding hydrogens is 265 g/mol. The summed E-state index contributed by atoms with van der Waals surface area (Å²) in [4.78, 5) is 35.5. The minimum Gasteiger partial charge on any atom is -0.397 e. The Morgan fingerprint density at radius 2 is 1.95 bits per heavy atom. The number of nitrogen functional groups attached to an aromatic ring is 1. The number of halogens is 1. The van der Waals surface area contributed by atoms with E-state index in [9.17, 15) is 18.8 Å². The molecule has 0 bridgehead atoms. The molecule has 3 N–H and O–H groups in total. The number of nitrogens with two attached hydrogens (primary N) is 1. The Hall–Kier alpha value is -2.44. The molecule has 1 aromatic carbocycles. The van der Waals surface area contributed by atoms with Crippen LogP contribution < -0.4 is 11.1 Å². The minimum absolute atomic E-state index is 0.0195. The second kappa shape index (κ2) is 5.68. The van der Waals surface area contributed by atoms with Gasteiger partial charge in [-0.05, 0) is 18.2 Å². The summed E-state index contributed by atoms with van der Waals surface area (Å²) in [5, 5.41) is 2.51. The first kappa shape index (κ1) is 14.0. The third-order valence-electron chi connectivity index (χ3n) is 3.01. The standard InChI is InChI=1S/C13H14FN3O3/c14-8-1-2-10(9(15)7-8)16-11(18)5-6-17-12(19)3-4-13(17)20/h1-2,7H,3-6,15H2,(H,16,18). The molecule has 6 nitrogen and oxygen atoms in total. The van der Waals surface area contributed by atoms with Crippen molar-refractivity contribution >= 4 is 29.1 Å². The average molecular weight is 279 g/mol. The van der Waals surface area contributed by atoms with Gasteiger partial charge in [0.2, 0.25) is 17.7 Å². The molecule has 106 valence electrons. The number of hydrogen-bond acceptors (Lipinski definition) is 4. The summed E-state index contributed by atoms with van der Waals surface area (Å²) < 4.78 is 12.8. The van der Waals surface area contributed by atoms with Crippen LogP contribution in [0.1, 0.15) is 19.3 Å². The molecule has 1 aliphatic heterocycles. The fourth-order valence-electron chi connectivity index (χ4n) is 1.95. The number of hydrogen-bond donors (Lipinski definition) is 2. The van der Waals surface area contributed by atoms with Gasteiger partial charge in [0.25, 0.3) is 0 Å². The van der Waals surface area contributed by atoms with Crippen LogP contribution in [0.2, 0.25) is 0 Å². The van der Waals surface area contributed by atoms with Gasteiger partial charge in [0.05, 0.1) is 11.4 Å². The lowest BCUT2D eigenvalue weighted by atomic mass is 10.2. The van der Waals surface area contributed by atoms with E-state index in [1.807, 2.05) is 0 Å². The van der Waals surface area contributed by atoms with Gasteiger partial charge in [0.15, 0.2) is 0 Å². The number of anilines is 2. The predicted molar refractivity (Wildman–Crippen MR) is 70.0 cm³/mol. The number of rotatable bonds is 4. The molecule has 0 atom stereocenters. The van der Waals surface area contributed by atoms with E-state index in [1.54, 1.807) is 0 Å². The Balaban J connectivity index is 1.89. The first-order valence-electron chi connectivity index (χ1n) is 6.15. The fourth-order valence-corrected chi connectivity index (χ4v) is 1.95. The summed E-state index contributed by atoms with van der Waals surface area (Å²) in [7, 11) is 0. The predicted octanol–water partition coefficient (Wildman–Crippen LogP) is 0.885. The highest BCUT2D eigenvalue weighted by molar-refractivity contribution is 6.02. The Morgan fingerprint density at radius 1 is 1.30 bits per heavy atom. The molecule has 20 heavy (non-hydrogen) atoms. The minimum atomic E-state index is -0.492. The third kappa shape index (κ3) is 3.11. The van der Waals surface area contributed by atoms with Gasteiger partial charge in [-0.15, -0.1) is 0 Å². The van der Waals surface area contributed by atoms with Crippen molar-refractivity contribution < 1.29 is 18.8 Å². The smallest absolute Gasteiger partial charge is 0.229 e. The van der Waals surface area contributed by atoms with Crippen molar-refractivity contribution in [1.29, 1.82) is 0 Å². The molecule has 0 saturated carbocycles. The van der Waals surface area contributed by atoms with Gasteiger partial charge in [0, 0.05) is 25.8 Å². The lowest BCUT2D eigenvalue weighted by Gasteiger charge is -2.13. The summed E-state index contributed by atoms with van der Waals surface area (Å²) in [5.41, 5.74) is 5.98. The highest BCUT2D eigenvalue weighted by Gasteiger charge is 2.28. The fraction of sp³-hybridized carbons (Fsp3) is 0.308. The van der Waals surface area contributed by atoms with Crippen LogP contribution in [0.3, 0.4) is 0 Å². The van der Waals surface area contributed by atoms with Crippen LogP contribution in [0.5, 0.6) is 0 Å². The topological polar surface area (TPSA) is 92.5 Å². The molecule has 7 heteroatoms. The normalized spacial score (nSPS) is 14.8. The number of imide groups is 1. The molecule has 1 aliphatic rings. The highest BCUT2D eigenvalue weighted by Crippen LogP contribution is 2.19. The first-order chi connectivity index (χ1) is 9.47. The van der Waals surface area contributed by atoms with E-state index < -0.39 is 11.7 Å². The second-order valence-electron chi connectivity index (χ2n) is 4.47. The van der Waals surface area contributed by atoms with Crippen LogP contribution >= 0.6 is 0 Å². The molecule has 0 aliphatic carbocycles. The zero-order chi connectivity index (χ0) is 14.7. The van der Waals surface area contributed by atoms with Gasteiger partial charge in [-0.25, -0.2) is 4.39 Å². The van der Waals surface area contributed by atoms with Crippen molar-refractivity contribution in [2.75, 3.05) is 17.6 Å². The summed E-state index contributed by atoms with van der Waals surface area (Å²) >= 11 is 0. The Morgan fingerprint density at radius 3 is 2.55 bits per heavy atom. The molecule has 1 saturated heterocycles. The van der Waals surface area contributed by atoms with E-state index in [4.69, 9.17) is 5.73 Å². The number of nitrogens with zero attached hydrogens (tertiary/aromatic N) is 1. The van der Waals surface area contributed by atoms with Crippen molar-refractivity contribution in [2.45, 2.75) is 19.3 Å². The summed E-state index contributed by atoms with van der Waals surface area (Å²) in [5.74, 6) is -1.40. The lowest BCUT2D eigenvalue weighted by molar-refractivity contribution is -0.138. The first-order valence-corrected chi connectivity index (χ1v) is 6.15. The van der Waals surface area contributed by atoms with E-state index in [1.165, 1.54) is 12.1 Å². The van der Waals surface area contributed by atoms with Gasteiger partial charge < -0.3 is 11.1 Å². The van der Waals surface area contributed by atoms with Crippen molar-refractivity contribution in [3.63, 3.8) is 0 Å². The zero-order valence-electron chi connectivity index (χ0n) is 10.7. The molecule has 0 spiro atoms. The lowest BCUT2D eigenvalue weighted by Crippen LogP contribution is -2.32. The van der Waals surface area contributed by atoms with Crippen LogP contribution in [-0.4, -0.2) is 29.2 Å². The maximum atomic E-state index is 12.8. The molecule has 0 unspecified atom stereocenters. The zero-order valence-corrected chi connectivity index (χ0v) is 10.7. The average Bonchev–Trinajstić information content (AvgIpc) is 2.70. The molecular formula is C13H14FN3O3. The number of nitrogens with one attached hydrogen (secondary N) is 1. The van der Waals surface area contributed by atoms with Crippen molar-refractivity contribution in [1.82, 2.24) is 4.90 Å².